The molecule has 4 heteroatoms. The number of benzene rings is 2. The maximum Gasteiger partial charge on any atom is 0.181 e. The molecule has 0 spiro atoms. The van der Waals surface area contributed by atoms with Crippen LogP contribution in [0.25, 0.3) is 22.2 Å². The molecule has 1 N–H and O–H groups in total. The number of hydrogen-bond donors (Lipinski definition) is 1. The van der Waals surface area contributed by atoms with E-state index in [1.165, 1.54) is 0 Å². The highest BCUT2D eigenvalue weighted by atomic mass is 16.1. The van der Waals surface area contributed by atoms with Crippen LogP contribution in [0.5, 0.6) is 0 Å². The van der Waals surface area contributed by atoms with Crippen LogP contribution in [0, 0.1) is 0 Å². The summed E-state index contributed by atoms with van der Waals surface area (Å²) >= 11 is 0. The number of fused-ring (bicyclic) bond motifs is 1. The Labute approximate surface area is 139 Å². The molecule has 0 aliphatic carbocycles. The normalized spacial score (nSPS) is 12.2. The van der Waals surface area contributed by atoms with Crippen LogP contribution in [0.1, 0.15) is 17.2 Å². The van der Waals surface area contributed by atoms with Gasteiger partial charge in [0.15, 0.2) is 5.65 Å². The topological polar surface area (TPSA) is 58.6 Å². The molecular weight excluding hydrogens is 298 g/mol. The third kappa shape index (κ3) is 2.48. The summed E-state index contributed by atoms with van der Waals surface area (Å²) in [7, 11) is 0. The van der Waals surface area contributed by atoms with Gasteiger partial charge in [0.1, 0.15) is 6.29 Å². The number of carbonyl (C=O) groups is 1. The zero-order valence-corrected chi connectivity index (χ0v) is 12.9. The number of aldehydes is 1. The Kier molecular flexibility index (Phi) is 3.63. The van der Waals surface area contributed by atoms with Gasteiger partial charge in [0.05, 0.1) is 11.6 Å². The predicted octanol–water partition coefficient (Wildman–Crippen LogP) is 3.96. The summed E-state index contributed by atoms with van der Waals surface area (Å²) in [5, 5.41) is 8.12. The summed E-state index contributed by atoms with van der Waals surface area (Å²) in [6.45, 7) is 0. The van der Waals surface area contributed by atoms with Crippen LogP contribution in [0.2, 0.25) is 0 Å². The van der Waals surface area contributed by atoms with Crippen LogP contribution >= 0.6 is 0 Å². The lowest BCUT2D eigenvalue weighted by Crippen LogP contribution is -2.03. The minimum atomic E-state index is -0.385. The maximum atomic E-state index is 11.7. The highest BCUT2D eigenvalue weighted by Crippen LogP contribution is 2.29. The van der Waals surface area contributed by atoms with Crippen molar-refractivity contribution in [3.8, 4) is 11.1 Å². The van der Waals surface area contributed by atoms with Gasteiger partial charge in [-0.05, 0) is 17.2 Å². The van der Waals surface area contributed by atoms with Gasteiger partial charge >= 0.3 is 0 Å². The Morgan fingerprint density at radius 2 is 1.62 bits per heavy atom. The van der Waals surface area contributed by atoms with Gasteiger partial charge in [0.25, 0.3) is 0 Å². The molecule has 4 nitrogen and oxygen atoms in total. The fourth-order valence-electron chi connectivity index (χ4n) is 2.92. The second-order valence-electron chi connectivity index (χ2n) is 5.62. The number of carbonyl (C=O) groups excluding carboxylic acids is 1. The minimum absolute atomic E-state index is 0.385. The molecule has 0 aliphatic rings. The van der Waals surface area contributed by atoms with Gasteiger partial charge in [-0.25, -0.2) is 4.98 Å². The Morgan fingerprint density at radius 3 is 2.33 bits per heavy atom. The summed E-state index contributed by atoms with van der Waals surface area (Å²) in [4.78, 5) is 16.2. The van der Waals surface area contributed by atoms with Crippen molar-refractivity contribution in [1.29, 1.82) is 0 Å². The predicted molar refractivity (Wildman–Crippen MR) is 93.7 cm³/mol. The molecule has 0 unspecified atom stereocenters. The van der Waals surface area contributed by atoms with E-state index in [2.05, 4.69) is 15.2 Å². The molecule has 1 atom stereocenters. The van der Waals surface area contributed by atoms with Crippen molar-refractivity contribution < 1.29 is 4.79 Å². The fourth-order valence-corrected chi connectivity index (χ4v) is 2.92. The smallest absolute Gasteiger partial charge is 0.181 e. The van der Waals surface area contributed by atoms with Crippen molar-refractivity contribution in [2.45, 2.75) is 5.92 Å². The third-order valence-electron chi connectivity index (χ3n) is 4.15. The molecule has 0 saturated heterocycles. The van der Waals surface area contributed by atoms with E-state index in [4.69, 9.17) is 0 Å². The van der Waals surface area contributed by atoms with Crippen LogP contribution in [0.4, 0.5) is 0 Å². The number of rotatable bonds is 4. The molecular formula is C20H15N3O. The first-order valence-corrected chi connectivity index (χ1v) is 7.76. The third-order valence-corrected chi connectivity index (χ3v) is 4.15. The van der Waals surface area contributed by atoms with E-state index in [-0.39, 0.29) is 5.92 Å². The van der Waals surface area contributed by atoms with Crippen LogP contribution in [-0.2, 0) is 4.79 Å². The van der Waals surface area contributed by atoms with Gasteiger partial charge in [-0.15, -0.1) is 0 Å². The molecule has 0 bridgehead atoms. The first-order valence-electron chi connectivity index (χ1n) is 7.76. The van der Waals surface area contributed by atoms with E-state index in [0.717, 1.165) is 34.1 Å². The van der Waals surface area contributed by atoms with Gasteiger partial charge < -0.3 is 4.79 Å². The number of aromatic nitrogens is 3. The molecule has 4 aromatic rings. The maximum absolute atomic E-state index is 11.7. The lowest BCUT2D eigenvalue weighted by Gasteiger charge is -2.09. The average Bonchev–Trinajstić information content (AvgIpc) is 3.07. The second-order valence-corrected chi connectivity index (χ2v) is 5.62. The first kappa shape index (κ1) is 14.3. The Hall–Kier alpha value is -3.27. The lowest BCUT2D eigenvalue weighted by molar-refractivity contribution is -0.108. The lowest BCUT2D eigenvalue weighted by atomic mass is 9.95. The molecule has 116 valence electrons. The van der Waals surface area contributed by atoms with Gasteiger partial charge in [0, 0.05) is 17.1 Å². The highest BCUT2D eigenvalue weighted by molar-refractivity contribution is 5.87. The zero-order valence-electron chi connectivity index (χ0n) is 12.9. The number of pyridine rings is 1. The average molecular weight is 313 g/mol. The van der Waals surface area contributed by atoms with Crippen molar-refractivity contribution in [2.24, 2.45) is 0 Å². The van der Waals surface area contributed by atoms with E-state index in [1.807, 2.05) is 66.7 Å². The number of hydrogen-bond acceptors (Lipinski definition) is 3. The number of nitrogens with zero attached hydrogens (tertiary/aromatic N) is 2. The summed E-state index contributed by atoms with van der Waals surface area (Å²) in [5.41, 5.74) is 4.41. The van der Waals surface area contributed by atoms with Crippen LogP contribution in [0.3, 0.4) is 0 Å². The number of aromatic amines is 1. The minimum Gasteiger partial charge on any atom is -0.302 e. The van der Waals surface area contributed by atoms with E-state index in [9.17, 15) is 4.79 Å². The number of nitrogens with one attached hydrogen (secondary N) is 1. The fraction of sp³-hybridized carbons (Fsp3) is 0.0500. The highest BCUT2D eigenvalue weighted by Gasteiger charge is 2.19. The molecule has 2 aromatic carbocycles. The van der Waals surface area contributed by atoms with Crippen LogP contribution in [0.15, 0.2) is 72.9 Å². The molecule has 4 rings (SSSR count). The van der Waals surface area contributed by atoms with Gasteiger partial charge in [-0.2, -0.15) is 5.10 Å². The second kappa shape index (κ2) is 6.08. The first-order chi connectivity index (χ1) is 11.9. The summed E-state index contributed by atoms with van der Waals surface area (Å²) in [5.74, 6) is -0.385. The van der Waals surface area contributed by atoms with Gasteiger partial charge in [-0.1, -0.05) is 60.7 Å². The van der Waals surface area contributed by atoms with Crippen LogP contribution < -0.4 is 0 Å². The Bertz CT molecular complexity index is 978. The van der Waals surface area contributed by atoms with Gasteiger partial charge in [-0.3, -0.25) is 5.10 Å². The summed E-state index contributed by atoms with van der Waals surface area (Å²) in [6, 6.07) is 21.8. The van der Waals surface area contributed by atoms with Crippen molar-refractivity contribution in [3.63, 3.8) is 0 Å². The molecule has 24 heavy (non-hydrogen) atoms. The molecule has 0 amide bonds. The molecule has 0 radical (unpaired) electrons. The molecule has 0 aliphatic heterocycles. The Balaban J connectivity index is 1.85. The molecule has 0 saturated carbocycles. The molecule has 2 aromatic heterocycles. The van der Waals surface area contributed by atoms with E-state index < -0.39 is 0 Å². The van der Waals surface area contributed by atoms with E-state index >= 15 is 0 Å². The largest absolute Gasteiger partial charge is 0.302 e. The summed E-state index contributed by atoms with van der Waals surface area (Å²) < 4.78 is 0. The molecule has 2 heterocycles. The van der Waals surface area contributed by atoms with E-state index in [1.54, 1.807) is 6.20 Å². The monoisotopic (exact) mass is 313 g/mol. The van der Waals surface area contributed by atoms with Crippen molar-refractivity contribution in [3.05, 3.63) is 84.2 Å². The molecule has 0 fully saturated rings. The van der Waals surface area contributed by atoms with Gasteiger partial charge in [0.2, 0.25) is 0 Å². The standard InChI is InChI=1S/C20H15N3O/c24-13-18(15-9-5-2-6-10-15)19-17-11-16(12-21-20(17)23-22-19)14-7-3-1-4-8-14/h1-13,18H,(H,21,22,23)/t18-/m0/s1. The Morgan fingerprint density at radius 1 is 0.917 bits per heavy atom. The summed E-state index contributed by atoms with van der Waals surface area (Å²) in [6.07, 6.45) is 2.75. The van der Waals surface area contributed by atoms with Crippen molar-refractivity contribution >= 4 is 17.3 Å². The van der Waals surface area contributed by atoms with E-state index in [0.29, 0.717) is 5.65 Å². The zero-order chi connectivity index (χ0) is 16.4. The quantitative estimate of drug-likeness (QED) is 0.580. The van der Waals surface area contributed by atoms with Crippen LogP contribution in [-0.4, -0.2) is 21.5 Å². The SMILES string of the molecule is O=C[C@@H](c1ccccc1)c1[nH]nc2ncc(-c3ccccc3)cc12. The number of H-pyrrole nitrogens is 1. The van der Waals surface area contributed by atoms with Crippen molar-refractivity contribution in [2.75, 3.05) is 0 Å². The van der Waals surface area contributed by atoms with Crippen molar-refractivity contribution in [1.82, 2.24) is 15.2 Å².